The van der Waals surface area contributed by atoms with Crippen LogP contribution in [0.1, 0.15) is 25.3 Å². The van der Waals surface area contributed by atoms with Gasteiger partial charge in [0, 0.05) is 18.5 Å². The Morgan fingerprint density at radius 2 is 2.29 bits per heavy atom. The van der Waals surface area contributed by atoms with Gasteiger partial charge < -0.3 is 15.4 Å². The summed E-state index contributed by atoms with van der Waals surface area (Å²) in [5.41, 5.74) is 1.06. The first-order valence-electron chi connectivity index (χ1n) is 6.93. The minimum atomic E-state index is 0. The fourth-order valence-electron chi connectivity index (χ4n) is 2.52. The topological polar surface area (TPSA) is 50.4 Å². The Labute approximate surface area is 140 Å². The van der Waals surface area contributed by atoms with Gasteiger partial charge >= 0.3 is 0 Å². The van der Waals surface area contributed by atoms with Crippen LogP contribution >= 0.6 is 28.3 Å². The molecule has 0 saturated carbocycles. The third-order valence-electron chi connectivity index (χ3n) is 3.68. The first-order valence-corrected chi connectivity index (χ1v) is 7.73. The number of rotatable bonds is 4. The summed E-state index contributed by atoms with van der Waals surface area (Å²) in [6.45, 7) is 3.60. The summed E-state index contributed by atoms with van der Waals surface area (Å²) in [5.74, 6) is 1.09. The van der Waals surface area contributed by atoms with E-state index < -0.39 is 0 Å². The van der Waals surface area contributed by atoms with Crippen LogP contribution in [0.15, 0.2) is 22.7 Å². The molecule has 0 bridgehead atoms. The van der Waals surface area contributed by atoms with Crippen LogP contribution in [0.25, 0.3) is 0 Å². The minimum absolute atomic E-state index is 0. The quantitative estimate of drug-likeness (QED) is 0.848. The number of methoxy groups -OCH3 is 1. The van der Waals surface area contributed by atoms with Crippen molar-refractivity contribution in [1.82, 2.24) is 10.6 Å². The van der Waals surface area contributed by atoms with Gasteiger partial charge in [0.2, 0.25) is 5.91 Å². The molecular formula is C15H22BrClN2O2. The van der Waals surface area contributed by atoms with Crippen LogP contribution in [0.5, 0.6) is 5.75 Å². The van der Waals surface area contributed by atoms with Gasteiger partial charge in [-0.3, -0.25) is 4.79 Å². The predicted molar refractivity (Wildman–Crippen MR) is 90.0 cm³/mol. The molecular weight excluding hydrogens is 356 g/mol. The van der Waals surface area contributed by atoms with E-state index in [4.69, 9.17) is 4.74 Å². The Hall–Kier alpha value is -0.780. The van der Waals surface area contributed by atoms with E-state index in [9.17, 15) is 4.79 Å². The lowest BCUT2D eigenvalue weighted by Gasteiger charge is -2.27. The Balaban J connectivity index is 0.00000220. The molecule has 2 N–H and O–H groups in total. The van der Waals surface area contributed by atoms with Crippen molar-refractivity contribution in [3.8, 4) is 5.75 Å². The Morgan fingerprint density at radius 3 is 2.90 bits per heavy atom. The van der Waals surface area contributed by atoms with Crippen LogP contribution in [0.2, 0.25) is 0 Å². The average Bonchev–Trinajstić information content (AvgIpc) is 2.45. The SMILES string of the molecule is COc1ccc(CNC(=O)[C@H]2CCN[C@@H](C)C2)cc1Br.Cl. The molecule has 1 aromatic carbocycles. The monoisotopic (exact) mass is 376 g/mol. The molecule has 1 fully saturated rings. The standard InChI is InChI=1S/C15H21BrN2O2.ClH/c1-10-7-12(5-6-17-10)15(19)18-9-11-3-4-14(20-2)13(16)8-11;/h3-4,8,10,12,17H,5-7,9H2,1-2H3,(H,18,19);1H/t10-,12-;/m0./s1. The van der Waals surface area contributed by atoms with Gasteiger partial charge in [-0.1, -0.05) is 6.07 Å². The number of piperidine rings is 1. The van der Waals surface area contributed by atoms with E-state index in [0.29, 0.717) is 12.6 Å². The van der Waals surface area contributed by atoms with E-state index in [0.717, 1.165) is 35.2 Å². The lowest BCUT2D eigenvalue weighted by atomic mass is 9.92. The molecule has 0 aromatic heterocycles. The third kappa shape index (κ3) is 5.16. The van der Waals surface area contributed by atoms with Crippen molar-refractivity contribution >= 4 is 34.2 Å². The van der Waals surface area contributed by atoms with Gasteiger partial charge in [0.05, 0.1) is 11.6 Å². The van der Waals surface area contributed by atoms with Crippen molar-refractivity contribution < 1.29 is 9.53 Å². The van der Waals surface area contributed by atoms with Gasteiger partial charge in [0.15, 0.2) is 0 Å². The smallest absolute Gasteiger partial charge is 0.223 e. The van der Waals surface area contributed by atoms with Gasteiger partial charge in [-0.15, -0.1) is 12.4 Å². The molecule has 1 aliphatic rings. The lowest BCUT2D eigenvalue weighted by molar-refractivity contribution is -0.126. The van der Waals surface area contributed by atoms with Crippen LogP contribution in [0.4, 0.5) is 0 Å². The first kappa shape index (κ1) is 18.3. The Kier molecular flexibility index (Phi) is 7.49. The minimum Gasteiger partial charge on any atom is -0.496 e. The molecule has 1 heterocycles. The maximum atomic E-state index is 12.1. The molecule has 21 heavy (non-hydrogen) atoms. The highest BCUT2D eigenvalue weighted by molar-refractivity contribution is 9.10. The third-order valence-corrected chi connectivity index (χ3v) is 4.30. The number of hydrogen-bond acceptors (Lipinski definition) is 3. The highest BCUT2D eigenvalue weighted by Gasteiger charge is 2.24. The van der Waals surface area contributed by atoms with Crippen LogP contribution in [0, 0.1) is 5.92 Å². The summed E-state index contributed by atoms with van der Waals surface area (Å²) >= 11 is 3.45. The molecule has 2 rings (SSSR count). The highest BCUT2D eigenvalue weighted by Crippen LogP contribution is 2.25. The number of ether oxygens (including phenoxy) is 1. The predicted octanol–water partition coefficient (Wildman–Crippen LogP) is 2.88. The number of carbonyl (C=O) groups excluding carboxylic acids is 1. The molecule has 0 unspecified atom stereocenters. The van der Waals surface area contributed by atoms with Crippen molar-refractivity contribution in [3.05, 3.63) is 28.2 Å². The van der Waals surface area contributed by atoms with Gasteiger partial charge in [-0.25, -0.2) is 0 Å². The Morgan fingerprint density at radius 1 is 1.52 bits per heavy atom. The van der Waals surface area contributed by atoms with E-state index in [-0.39, 0.29) is 24.2 Å². The zero-order valence-corrected chi connectivity index (χ0v) is 14.7. The molecule has 0 aliphatic carbocycles. The molecule has 4 nitrogen and oxygen atoms in total. The van der Waals surface area contributed by atoms with E-state index in [2.05, 4.69) is 33.5 Å². The fourth-order valence-corrected chi connectivity index (χ4v) is 3.11. The number of benzene rings is 1. The van der Waals surface area contributed by atoms with Gasteiger partial charge in [0.25, 0.3) is 0 Å². The van der Waals surface area contributed by atoms with E-state index >= 15 is 0 Å². The Bertz CT molecular complexity index is 485. The molecule has 0 spiro atoms. The maximum absolute atomic E-state index is 12.1. The van der Waals surface area contributed by atoms with Crippen molar-refractivity contribution in [3.63, 3.8) is 0 Å². The molecule has 1 aromatic rings. The second-order valence-electron chi connectivity index (χ2n) is 5.26. The summed E-state index contributed by atoms with van der Waals surface area (Å²) in [6, 6.07) is 6.27. The zero-order chi connectivity index (χ0) is 14.5. The van der Waals surface area contributed by atoms with Crippen molar-refractivity contribution in [2.45, 2.75) is 32.4 Å². The van der Waals surface area contributed by atoms with Crippen molar-refractivity contribution in [1.29, 1.82) is 0 Å². The number of hydrogen-bond donors (Lipinski definition) is 2. The van der Waals surface area contributed by atoms with Gasteiger partial charge in [0.1, 0.15) is 5.75 Å². The molecule has 1 saturated heterocycles. The largest absolute Gasteiger partial charge is 0.496 e. The summed E-state index contributed by atoms with van der Waals surface area (Å²) in [7, 11) is 1.64. The van der Waals surface area contributed by atoms with Crippen molar-refractivity contribution in [2.75, 3.05) is 13.7 Å². The fraction of sp³-hybridized carbons (Fsp3) is 0.533. The van der Waals surface area contributed by atoms with E-state index in [1.807, 2.05) is 18.2 Å². The molecule has 0 radical (unpaired) electrons. The van der Waals surface area contributed by atoms with E-state index in [1.165, 1.54) is 0 Å². The van der Waals surface area contributed by atoms with Crippen LogP contribution in [0.3, 0.4) is 0 Å². The zero-order valence-electron chi connectivity index (χ0n) is 12.3. The van der Waals surface area contributed by atoms with Crippen LogP contribution in [-0.4, -0.2) is 25.6 Å². The summed E-state index contributed by atoms with van der Waals surface area (Å²) in [4.78, 5) is 12.1. The lowest BCUT2D eigenvalue weighted by Crippen LogP contribution is -2.42. The number of amides is 1. The maximum Gasteiger partial charge on any atom is 0.223 e. The number of nitrogens with one attached hydrogen (secondary N) is 2. The highest BCUT2D eigenvalue weighted by atomic mass is 79.9. The second kappa shape index (κ2) is 8.61. The number of carbonyl (C=O) groups is 1. The first-order chi connectivity index (χ1) is 9.60. The summed E-state index contributed by atoms with van der Waals surface area (Å²) in [6.07, 6.45) is 1.83. The molecule has 2 atom stereocenters. The van der Waals surface area contributed by atoms with Crippen LogP contribution < -0.4 is 15.4 Å². The molecule has 1 aliphatic heterocycles. The van der Waals surface area contributed by atoms with Gasteiger partial charge in [-0.2, -0.15) is 0 Å². The van der Waals surface area contributed by atoms with Gasteiger partial charge in [-0.05, 0) is 59.9 Å². The normalized spacial score (nSPS) is 21.3. The second-order valence-corrected chi connectivity index (χ2v) is 6.12. The molecule has 6 heteroatoms. The summed E-state index contributed by atoms with van der Waals surface area (Å²) in [5, 5.41) is 6.39. The average molecular weight is 378 g/mol. The van der Waals surface area contributed by atoms with Crippen LogP contribution in [-0.2, 0) is 11.3 Å². The van der Waals surface area contributed by atoms with Crippen molar-refractivity contribution in [2.24, 2.45) is 5.92 Å². The number of halogens is 2. The molecule has 118 valence electrons. The molecule has 1 amide bonds. The summed E-state index contributed by atoms with van der Waals surface area (Å²) < 4.78 is 6.10. The van der Waals surface area contributed by atoms with E-state index in [1.54, 1.807) is 7.11 Å².